The maximum absolute atomic E-state index is 13.0. The predicted octanol–water partition coefficient (Wildman–Crippen LogP) is 2.71. The van der Waals surface area contributed by atoms with Crippen LogP contribution in [-0.2, 0) is 13.1 Å². The molecule has 0 amide bonds. The summed E-state index contributed by atoms with van der Waals surface area (Å²) in [7, 11) is 1.66. The first kappa shape index (κ1) is 12.4. The molecule has 0 atom stereocenters. The first-order chi connectivity index (χ1) is 8.35. The van der Waals surface area contributed by atoms with Crippen LogP contribution < -0.4 is 10.1 Å². The molecule has 0 radical (unpaired) electrons. The number of methoxy groups -OCH3 is 1. The number of rotatable bonds is 4. The van der Waals surface area contributed by atoms with Crippen molar-refractivity contribution in [3.8, 4) is 5.75 Å². The zero-order chi connectivity index (χ0) is 12.1. The summed E-state index contributed by atoms with van der Waals surface area (Å²) in [6.07, 6.45) is 3.28. The van der Waals surface area contributed by atoms with Gasteiger partial charge in [-0.15, -0.1) is 0 Å². The molecule has 1 aromatic rings. The molecule has 1 aromatic carbocycles. The van der Waals surface area contributed by atoms with Gasteiger partial charge in [-0.25, -0.2) is 4.39 Å². The molecule has 0 spiro atoms. The summed E-state index contributed by atoms with van der Waals surface area (Å²) in [5.41, 5.74) is 1.84. The van der Waals surface area contributed by atoms with E-state index in [4.69, 9.17) is 4.74 Å². The molecule has 2 rings (SSSR count). The lowest BCUT2D eigenvalue weighted by atomic mass is 9.89. The molecule has 94 valence electrons. The van der Waals surface area contributed by atoms with Gasteiger partial charge in [-0.3, -0.25) is 0 Å². The fourth-order valence-electron chi connectivity index (χ4n) is 2.53. The van der Waals surface area contributed by atoms with Crippen molar-refractivity contribution < 1.29 is 9.13 Å². The number of nitrogens with one attached hydrogen (secondary N) is 1. The van der Waals surface area contributed by atoms with E-state index in [1.54, 1.807) is 7.11 Å². The second-order valence-electron chi connectivity index (χ2n) is 4.63. The minimum absolute atomic E-state index is 0.405. The van der Waals surface area contributed by atoms with Gasteiger partial charge in [0.25, 0.3) is 0 Å². The van der Waals surface area contributed by atoms with Crippen LogP contribution in [0.1, 0.15) is 24.0 Å². The highest BCUT2D eigenvalue weighted by molar-refractivity contribution is 5.40. The van der Waals surface area contributed by atoms with Crippen molar-refractivity contribution >= 4 is 0 Å². The van der Waals surface area contributed by atoms with Crippen LogP contribution in [0.2, 0.25) is 0 Å². The third-order valence-corrected chi connectivity index (χ3v) is 3.55. The third kappa shape index (κ3) is 2.97. The van der Waals surface area contributed by atoms with Gasteiger partial charge in [-0.2, -0.15) is 0 Å². The van der Waals surface area contributed by atoms with E-state index in [2.05, 4.69) is 5.32 Å². The van der Waals surface area contributed by atoms with Gasteiger partial charge in [-0.1, -0.05) is 12.1 Å². The molecule has 0 saturated carbocycles. The van der Waals surface area contributed by atoms with Crippen molar-refractivity contribution in [2.45, 2.75) is 25.9 Å². The molecule has 0 aromatic heterocycles. The Hall–Kier alpha value is -1.09. The van der Waals surface area contributed by atoms with Gasteiger partial charge in [0, 0.05) is 5.56 Å². The van der Waals surface area contributed by atoms with Crippen LogP contribution in [0.4, 0.5) is 4.39 Å². The highest BCUT2D eigenvalue weighted by Gasteiger charge is 2.17. The van der Waals surface area contributed by atoms with Gasteiger partial charge in [0.2, 0.25) is 0 Å². The van der Waals surface area contributed by atoms with E-state index in [0.29, 0.717) is 5.92 Å². The van der Waals surface area contributed by atoms with E-state index in [9.17, 15) is 4.39 Å². The number of halogens is 1. The summed E-state index contributed by atoms with van der Waals surface area (Å²) in [4.78, 5) is 0. The van der Waals surface area contributed by atoms with Gasteiger partial charge in [0.05, 0.1) is 7.11 Å². The smallest absolute Gasteiger partial charge is 0.122 e. The van der Waals surface area contributed by atoms with Crippen molar-refractivity contribution in [1.82, 2.24) is 5.32 Å². The van der Waals surface area contributed by atoms with Crippen molar-refractivity contribution in [3.63, 3.8) is 0 Å². The molecular weight excluding hydrogens is 217 g/mol. The largest absolute Gasteiger partial charge is 0.496 e. The van der Waals surface area contributed by atoms with E-state index in [1.165, 1.54) is 12.8 Å². The topological polar surface area (TPSA) is 21.3 Å². The van der Waals surface area contributed by atoms with E-state index in [1.807, 2.05) is 18.2 Å². The van der Waals surface area contributed by atoms with Crippen molar-refractivity contribution in [1.29, 1.82) is 0 Å². The molecule has 17 heavy (non-hydrogen) atoms. The van der Waals surface area contributed by atoms with E-state index < -0.39 is 6.67 Å². The van der Waals surface area contributed by atoms with Gasteiger partial charge in [0.15, 0.2) is 0 Å². The fourth-order valence-corrected chi connectivity index (χ4v) is 2.53. The zero-order valence-electron chi connectivity index (χ0n) is 10.3. The quantitative estimate of drug-likeness (QED) is 0.869. The molecule has 1 N–H and O–H groups in total. The van der Waals surface area contributed by atoms with Gasteiger partial charge in [-0.05, 0) is 49.9 Å². The first-order valence-corrected chi connectivity index (χ1v) is 6.26. The highest BCUT2D eigenvalue weighted by atomic mass is 19.1. The summed E-state index contributed by atoms with van der Waals surface area (Å²) in [5, 5.41) is 3.35. The number of hydrogen-bond donors (Lipinski definition) is 1. The SMILES string of the molecule is COc1cccc(CF)c1CC1CCNCC1. The summed E-state index contributed by atoms with van der Waals surface area (Å²) in [6.45, 7) is 1.74. The normalized spacial score (nSPS) is 17.1. The lowest BCUT2D eigenvalue weighted by Crippen LogP contribution is -2.28. The Bertz CT molecular complexity index is 339. The second kappa shape index (κ2) is 6.01. The Kier molecular flexibility index (Phi) is 4.37. The Balaban J connectivity index is 2.16. The molecule has 1 aliphatic rings. The zero-order valence-corrected chi connectivity index (χ0v) is 10.3. The first-order valence-electron chi connectivity index (χ1n) is 6.26. The van der Waals surface area contributed by atoms with Crippen LogP contribution in [0.15, 0.2) is 18.2 Å². The lowest BCUT2D eigenvalue weighted by Gasteiger charge is -2.24. The molecule has 1 fully saturated rings. The van der Waals surface area contributed by atoms with E-state index in [-0.39, 0.29) is 0 Å². The van der Waals surface area contributed by atoms with Gasteiger partial charge in [0.1, 0.15) is 12.4 Å². The molecule has 0 bridgehead atoms. The summed E-state index contributed by atoms with van der Waals surface area (Å²) < 4.78 is 18.3. The Morgan fingerprint density at radius 2 is 2.12 bits per heavy atom. The molecule has 3 heteroatoms. The molecule has 1 saturated heterocycles. The summed E-state index contributed by atoms with van der Waals surface area (Å²) in [6, 6.07) is 5.65. The molecule has 1 heterocycles. The molecule has 0 aliphatic carbocycles. The maximum atomic E-state index is 13.0. The maximum Gasteiger partial charge on any atom is 0.122 e. The lowest BCUT2D eigenvalue weighted by molar-refractivity contribution is 0.357. The fraction of sp³-hybridized carbons (Fsp3) is 0.571. The van der Waals surface area contributed by atoms with Crippen LogP contribution in [0.3, 0.4) is 0 Å². The van der Waals surface area contributed by atoms with Crippen LogP contribution in [0, 0.1) is 5.92 Å². The van der Waals surface area contributed by atoms with E-state index >= 15 is 0 Å². The highest BCUT2D eigenvalue weighted by Crippen LogP contribution is 2.28. The number of alkyl halides is 1. The molecule has 2 nitrogen and oxygen atoms in total. The summed E-state index contributed by atoms with van der Waals surface area (Å²) in [5.74, 6) is 1.48. The predicted molar refractivity (Wildman–Crippen MR) is 67.1 cm³/mol. The molecular formula is C14H20FNO. The average molecular weight is 237 g/mol. The van der Waals surface area contributed by atoms with Crippen LogP contribution in [0.25, 0.3) is 0 Å². The Morgan fingerprint density at radius 3 is 2.76 bits per heavy atom. The Labute approximate surface area is 102 Å². The molecule has 1 aliphatic heterocycles. The molecule has 0 unspecified atom stereocenters. The minimum Gasteiger partial charge on any atom is -0.496 e. The number of piperidine rings is 1. The van der Waals surface area contributed by atoms with Crippen molar-refractivity contribution in [2.75, 3.05) is 20.2 Å². The van der Waals surface area contributed by atoms with Crippen LogP contribution >= 0.6 is 0 Å². The number of benzene rings is 1. The Morgan fingerprint density at radius 1 is 1.35 bits per heavy atom. The average Bonchev–Trinajstić information content (AvgIpc) is 2.40. The minimum atomic E-state index is -0.405. The standard InChI is InChI=1S/C14H20FNO/c1-17-14-4-2-3-12(10-15)13(14)9-11-5-7-16-8-6-11/h2-4,11,16H,5-10H2,1H3. The summed E-state index contributed by atoms with van der Waals surface area (Å²) >= 11 is 0. The number of hydrogen-bond acceptors (Lipinski definition) is 2. The third-order valence-electron chi connectivity index (χ3n) is 3.55. The van der Waals surface area contributed by atoms with Gasteiger partial charge >= 0.3 is 0 Å². The van der Waals surface area contributed by atoms with Crippen molar-refractivity contribution in [2.24, 2.45) is 5.92 Å². The van der Waals surface area contributed by atoms with Crippen LogP contribution in [0.5, 0.6) is 5.75 Å². The van der Waals surface area contributed by atoms with E-state index in [0.717, 1.165) is 36.4 Å². The monoisotopic (exact) mass is 237 g/mol. The van der Waals surface area contributed by atoms with Gasteiger partial charge < -0.3 is 10.1 Å². The van der Waals surface area contributed by atoms with Crippen molar-refractivity contribution in [3.05, 3.63) is 29.3 Å². The van der Waals surface area contributed by atoms with Crippen LogP contribution in [-0.4, -0.2) is 20.2 Å². The number of ether oxygens (including phenoxy) is 1. The second-order valence-corrected chi connectivity index (χ2v) is 4.63.